The van der Waals surface area contributed by atoms with E-state index in [0.29, 0.717) is 11.1 Å². The molecule has 1 aliphatic heterocycles. The minimum Gasteiger partial charge on any atom is -0.304 e. The van der Waals surface area contributed by atoms with Crippen LogP contribution < -0.4 is 0 Å². The van der Waals surface area contributed by atoms with Crippen molar-refractivity contribution < 1.29 is 4.79 Å². The van der Waals surface area contributed by atoms with E-state index in [1.54, 1.807) is 0 Å². The van der Waals surface area contributed by atoms with Crippen molar-refractivity contribution in [3.05, 3.63) is 83.9 Å². The molecule has 0 atom stereocenters. The van der Waals surface area contributed by atoms with Gasteiger partial charge in [0, 0.05) is 43.9 Å². The van der Waals surface area contributed by atoms with Gasteiger partial charge in [-0.1, -0.05) is 73.3 Å². The van der Waals surface area contributed by atoms with Crippen molar-refractivity contribution in [1.29, 1.82) is 0 Å². The third kappa shape index (κ3) is 4.78. The molecule has 2 aromatic rings. The van der Waals surface area contributed by atoms with Gasteiger partial charge in [0.1, 0.15) is 0 Å². The van der Waals surface area contributed by atoms with E-state index in [9.17, 15) is 4.79 Å². The SMILES string of the molecule is C=C(C(=O)c1ccc(/C=C/CN2CCN(C)CC2)cc1)c1ccccc1. The first kappa shape index (κ1) is 18.3. The highest BCUT2D eigenvalue weighted by molar-refractivity contribution is 6.28. The Morgan fingerprint density at radius 1 is 0.962 bits per heavy atom. The topological polar surface area (TPSA) is 23.6 Å². The molecule has 1 heterocycles. The molecule has 0 radical (unpaired) electrons. The Morgan fingerprint density at radius 2 is 1.62 bits per heavy atom. The van der Waals surface area contributed by atoms with Gasteiger partial charge < -0.3 is 4.90 Å². The highest BCUT2D eigenvalue weighted by Gasteiger charge is 2.12. The van der Waals surface area contributed by atoms with Crippen LogP contribution in [0.15, 0.2) is 67.3 Å². The molecule has 0 spiro atoms. The lowest BCUT2D eigenvalue weighted by atomic mass is 9.97. The highest BCUT2D eigenvalue weighted by atomic mass is 16.1. The standard InChI is InChI=1S/C23H26N2O/c1-19(21-8-4-3-5-9-21)23(26)22-12-10-20(11-13-22)7-6-14-25-17-15-24(2)16-18-25/h3-13H,1,14-18H2,2H3/b7-6+. The van der Waals surface area contributed by atoms with E-state index in [1.165, 1.54) is 0 Å². The second-order valence-electron chi connectivity index (χ2n) is 6.80. The van der Waals surface area contributed by atoms with Crippen molar-refractivity contribution in [2.75, 3.05) is 39.8 Å². The summed E-state index contributed by atoms with van der Waals surface area (Å²) in [5.41, 5.74) is 3.19. The summed E-state index contributed by atoms with van der Waals surface area (Å²) in [6.45, 7) is 9.44. The monoisotopic (exact) mass is 346 g/mol. The molecule has 0 aliphatic carbocycles. The summed E-state index contributed by atoms with van der Waals surface area (Å²) in [6, 6.07) is 17.3. The molecule has 3 nitrogen and oxygen atoms in total. The van der Waals surface area contributed by atoms with E-state index in [4.69, 9.17) is 0 Å². The third-order valence-electron chi connectivity index (χ3n) is 4.84. The average molecular weight is 346 g/mol. The molecule has 2 aromatic carbocycles. The van der Waals surface area contributed by atoms with Crippen LogP contribution in [-0.2, 0) is 0 Å². The molecule has 1 fully saturated rings. The molecule has 0 amide bonds. The first-order valence-electron chi connectivity index (χ1n) is 9.10. The number of nitrogens with zero attached hydrogens (tertiary/aromatic N) is 2. The molecule has 1 aliphatic rings. The van der Waals surface area contributed by atoms with Crippen molar-refractivity contribution in [2.45, 2.75) is 0 Å². The molecule has 1 saturated heterocycles. The summed E-state index contributed by atoms with van der Waals surface area (Å²) >= 11 is 0. The van der Waals surface area contributed by atoms with Crippen LogP contribution in [0.5, 0.6) is 0 Å². The zero-order chi connectivity index (χ0) is 18.4. The average Bonchev–Trinajstić information content (AvgIpc) is 2.69. The van der Waals surface area contributed by atoms with Gasteiger partial charge in [0.05, 0.1) is 0 Å². The Hall–Kier alpha value is -2.49. The maximum Gasteiger partial charge on any atom is 0.193 e. The van der Waals surface area contributed by atoms with Crippen LogP contribution in [-0.4, -0.2) is 55.4 Å². The summed E-state index contributed by atoms with van der Waals surface area (Å²) in [5, 5.41) is 0. The Bertz CT molecular complexity index is 770. The van der Waals surface area contributed by atoms with Gasteiger partial charge in [0.15, 0.2) is 5.78 Å². The lowest BCUT2D eigenvalue weighted by Crippen LogP contribution is -2.44. The Labute approximate surface area is 156 Å². The predicted octanol–water partition coefficient (Wildman–Crippen LogP) is 3.84. The molecule has 0 aromatic heterocycles. The van der Waals surface area contributed by atoms with Crippen LogP contribution in [0.3, 0.4) is 0 Å². The molecule has 3 heteroatoms. The molecule has 3 rings (SSSR count). The lowest BCUT2D eigenvalue weighted by Gasteiger charge is -2.31. The highest BCUT2D eigenvalue weighted by Crippen LogP contribution is 2.18. The van der Waals surface area contributed by atoms with Gasteiger partial charge in [0.2, 0.25) is 0 Å². The van der Waals surface area contributed by atoms with Crippen LogP contribution in [0.4, 0.5) is 0 Å². The van der Waals surface area contributed by atoms with E-state index >= 15 is 0 Å². The fraction of sp³-hybridized carbons (Fsp3) is 0.261. The third-order valence-corrected chi connectivity index (χ3v) is 4.84. The molecular weight excluding hydrogens is 320 g/mol. The number of piperazine rings is 1. The summed E-state index contributed by atoms with van der Waals surface area (Å²) in [6.07, 6.45) is 4.32. The fourth-order valence-electron chi connectivity index (χ4n) is 3.06. The molecule has 0 unspecified atom stereocenters. The van der Waals surface area contributed by atoms with Crippen molar-refractivity contribution in [1.82, 2.24) is 9.80 Å². The number of hydrogen-bond acceptors (Lipinski definition) is 3. The minimum absolute atomic E-state index is 0.0239. The van der Waals surface area contributed by atoms with Crippen LogP contribution in [0.25, 0.3) is 11.6 Å². The fourth-order valence-corrected chi connectivity index (χ4v) is 3.06. The molecule has 26 heavy (non-hydrogen) atoms. The van der Waals surface area contributed by atoms with Gasteiger partial charge in [-0.2, -0.15) is 0 Å². The van der Waals surface area contributed by atoms with E-state index in [-0.39, 0.29) is 5.78 Å². The Balaban J connectivity index is 1.57. The summed E-state index contributed by atoms with van der Waals surface area (Å²) < 4.78 is 0. The Morgan fingerprint density at radius 3 is 2.27 bits per heavy atom. The lowest BCUT2D eigenvalue weighted by molar-refractivity contribution is 0.105. The second-order valence-corrected chi connectivity index (χ2v) is 6.80. The van der Waals surface area contributed by atoms with Crippen LogP contribution in [0, 0.1) is 0 Å². The number of carbonyl (C=O) groups is 1. The molecule has 0 saturated carbocycles. The van der Waals surface area contributed by atoms with Crippen molar-refractivity contribution in [3.63, 3.8) is 0 Å². The van der Waals surface area contributed by atoms with E-state index in [1.807, 2.05) is 54.6 Å². The summed E-state index contributed by atoms with van der Waals surface area (Å²) in [5.74, 6) is -0.0239. The minimum atomic E-state index is -0.0239. The summed E-state index contributed by atoms with van der Waals surface area (Å²) in [4.78, 5) is 17.4. The first-order valence-corrected chi connectivity index (χ1v) is 9.10. The number of rotatable bonds is 6. The molecule has 0 bridgehead atoms. The number of Topliss-reactive ketones (excluding diaryl/α,β-unsaturated/α-hetero) is 1. The van der Waals surface area contributed by atoms with Gasteiger partial charge >= 0.3 is 0 Å². The number of likely N-dealkylation sites (N-methyl/N-ethyl adjacent to an activating group) is 1. The van der Waals surface area contributed by atoms with Gasteiger partial charge in [-0.15, -0.1) is 0 Å². The van der Waals surface area contributed by atoms with Gasteiger partial charge in [-0.25, -0.2) is 0 Å². The van der Waals surface area contributed by atoms with Crippen molar-refractivity contribution >= 4 is 17.4 Å². The van der Waals surface area contributed by atoms with E-state index < -0.39 is 0 Å². The van der Waals surface area contributed by atoms with Gasteiger partial charge in [-0.05, 0) is 18.2 Å². The number of ketones is 1. The normalized spacial score (nSPS) is 16.0. The number of hydrogen-bond donors (Lipinski definition) is 0. The van der Waals surface area contributed by atoms with E-state index in [0.717, 1.165) is 43.9 Å². The summed E-state index contributed by atoms with van der Waals surface area (Å²) in [7, 11) is 2.17. The quantitative estimate of drug-likeness (QED) is 0.586. The zero-order valence-corrected chi connectivity index (χ0v) is 15.4. The molecular formula is C23H26N2O. The predicted molar refractivity (Wildman–Crippen MR) is 109 cm³/mol. The largest absolute Gasteiger partial charge is 0.304 e. The smallest absolute Gasteiger partial charge is 0.193 e. The number of allylic oxidation sites excluding steroid dienone is 1. The first-order chi connectivity index (χ1) is 12.6. The van der Waals surface area contributed by atoms with Crippen molar-refractivity contribution in [2.24, 2.45) is 0 Å². The molecule has 134 valence electrons. The second kappa shape index (κ2) is 8.75. The number of benzene rings is 2. The number of carbonyl (C=O) groups excluding carboxylic acids is 1. The van der Waals surface area contributed by atoms with Crippen molar-refractivity contribution in [3.8, 4) is 0 Å². The maximum absolute atomic E-state index is 12.6. The van der Waals surface area contributed by atoms with Crippen LogP contribution >= 0.6 is 0 Å². The van der Waals surface area contributed by atoms with Gasteiger partial charge in [-0.3, -0.25) is 9.69 Å². The Kier molecular flexibility index (Phi) is 6.16. The zero-order valence-electron chi connectivity index (χ0n) is 15.4. The maximum atomic E-state index is 12.6. The van der Waals surface area contributed by atoms with Crippen LogP contribution in [0.1, 0.15) is 21.5 Å². The van der Waals surface area contributed by atoms with Crippen LogP contribution in [0.2, 0.25) is 0 Å². The molecule has 0 N–H and O–H groups in total. The van der Waals surface area contributed by atoms with Gasteiger partial charge in [0.25, 0.3) is 0 Å². The van der Waals surface area contributed by atoms with E-state index in [2.05, 4.69) is 35.6 Å².